The monoisotopic (exact) mass is 251 g/mol. The molecule has 0 fully saturated rings. The zero-order chi connectivity index (χ0) is 13.7. The molecule has 102 valence electrons. The molecule has 1 rings (SSSR count). The fourth-order valence-electron chi connectivity index (χ4n) is 2.05. The minimum absolute atomic E-state index is 0.112. The quantitative estimate of drug-likeness (QED) is 0.805. The van der Waals surface area contributed by atoms with Gasteiger partial charge >= 0.3 is 0 Å². The highest BCUT2D eigenvalue weighted by molar-refractivity contribution is 5.85. The van der Waals surface area contributed by atoms with Gasteiger partial charge in [0.25, 0.3) is 0 Å². The van der Waals surface area contributed by atoms with Crippen LogP contribution < -0.4 is 5.73 Å². The van der Waals surface area contributed by atoms with Crippen molar-refractivity contribution in [2.75, 3.05) is 0 Å². The molecule has 1 atom stereocenters. The molecular formula is C14H25N3O. The molecule has 0 spiro atoms. The zero-order valence-electron chi connectivity index (χ0n) is 11.9. The highest BCUT2D eigenvalue weighted by Gasteiger charge is 2.17. The molecule has 0 bridgehead atoms. The van der Waals surface area contributed by atoms with Gasteiger partial charge in [-0.25, -0.2) is 0 Å². The van der Waals surface area contributed by atoms with Crippen LogP contribution in [0, 0.1) is 5.92 Å². The number of aromatic nitrogens is 2. The molecule has 1 aromatic heterocycles. The van der Waals surface area contributed by atoms with Crippen LogP contribution in [-0.2, 0) is 24.2 Å². The van der Waals surface area contributed by atoms with Crippen molar-refractivity contribution >= 4 is 5.78 Å². The van der Waals surface area contributed by atoms with E-state index in [2.05, 4.69) is 25.9 Å². The Balaban J connectivity index is 2.71. The number of rotatable bonds is 7. The third-order valence-corrected chi connectivity index (χ3v) is 3.07. The normalized spacial score (nSPS) is 13.0. The molecule has 0 radical (unpaired) electrons. The molecule has 1 unspecified atom stereocenters. The molecule has 1 aromatic rings. The van der Waals surface area contributed by atoms with E-state index in [0.717, 1.165) is 30.8 Å². The van der Waals surface area contributed by atoms with Gasteiger partial charge in [-0.2, -0.15) is 5.10 Å². The van der Waals surface area contributed by atoms with Crippen LogP contribution in [0.5, 0.6) is 0 Å². The number of Topliss-reactive ketones (excluding diaryl/α,β-unsaturated/α-hetero) is 1. The Morgan fingerprint density at radius 3 is 2.61 bits per heavy atom. The SMILES string of the molecule is CCc1cc(CC(=O)C(N)CC(C)C)n(CC)n1. The second kappa shape index (κ2) is 6.69. The Hall–Kier alpha value is -1.16. The summed E-state index contributed by atoms with van der Waals surface area (Å²) in [6, 6.07) is 1.67. The van der Waals surface area contributed by atoms with E-state index in [4.69, 9.17) is 5.73 Å². The Morgan fingerprint density at radius 2 is 2.11 bits per heavy atom. The van der Waals surface area contributed by atoms with Crippen molar-refractivity contribution in [2.45, 2.75) is 59.5 Å². The van der Waals surface area contributed by atoms with Crippen molar-refractivity contribution in [2.24, 2.45) is 11.7 Å². The van der Waals surface area contributed by atoms with Gasteiger partial charge in [0.05, 0.1) is 18.2 Å². The molecular weight excluding hydrogens is 226 g/mol. The number of ketones is 1. The van der Waals surface area contributed by atoms with Gasteiger partial charge in [0.1, 0.15) is 0 Å². The maximum Gasteiger partial charge on any atom is 0.155 e. The third-order valence-electron chi connectivity index (χ3n) is 3.07. The van der Waals surface area contributed by atoms with E-state index in [1.165, 1.54) is 0 Å². The lowest BCUT2D eigenvalue weighted by Gasteiger charge is -2.13. The van der Waals surface area contributed by atoms with Gasteiger partial charge in [0.15, 0.2) is 5.78 Å². The summed E-state index contributed by atoms with van der Waals surface area (Å²) in [5, 5.41) is 4.44. The summed E-state index contributed by atoms with van der Waals surface area (Å²) in [5.74, 6) is 0.562. The Morgan fingerprint density at radius 1 is 1.44 bits per heavy atom. The van der Waals surface area contributed by atoms with Crippen LogP contribution in [0.1, 0.15) is 45.5 Å². The van der Waals surface area contributed by atoms with E-state index in [1.807, 2.05) is 17.7 Å². The van der Waals surface area contributed by atoms with E-state index in [0.29, 0.717) is 12.3 Å². The topological polar surface area (TPSA) is 60.9 Å². The molecule has 0 amide bonds. The summed E-state index contributed by atoms with van der Waals surface area (Å²) in [4.78, 5) is 12.0. The lowest BCUT2D eigenvalue weighted by Crippen LogP contribution is -2.33. The first-order valence-corrected chi connectivity index (χ1v) is 6.81. The first-order valence-electron chi connectivity index (χ1n) is 6.81. The Bertz CT molecular complexity index is 396. The standard InChI is InChI=1S/C14H25N3O/c1-5-11-8-12(17(6-2)16-11)9-14(18)13(15)7-10(3)4/h8,10,13H,5-7,9,15H2,1-4H3. The van der Waals surface area contributed by atoms with E-state index < -0.39 is 0 Å². The summed E-state index contributed by atoms with van der Waals surface area (Å²) in [6.07, 6.45) is 2.04. The second-order valence-electron chi connectivity index (χ2n) is 5.18. The van der Waals surface area contributed by atoms with Crippen molar-refractivity contribution in [3.63, 3.8) is 0 Å². The van der Waals surface area contributed by atoms with Gasteiger partial charge in [0, 0.05) is 12.2 Å². The van der Waals surface area contributed by atoms with Crippen LogP contribution >= 0.6 is 0 Å². The maximum absolute atomic E-state index is 12.0. The van der Waals surface area contributed by atoms with Gasteiger partial charge in [0.2, 0.25) is 0 Å². The van der Waals surface area contributed by atoms with Gasteiger partial charge in [-0.05, 0) is 31.7 Å². The number of hydrogen-bond acceptors (Lipinski definition) is 3. The summed E-state index contributed by atoms with van der Waals surface area (Å²) < 4.78 is 1.90. The van der Waals surface area contributed by atoms with E-state index >= 15 is 0 Å². The van der Waals surface area contributed by atoms with Gasteiger partial charge in [-0.1, -0.05) is 20.8 Å². The van der Waals surface area contributed by atoms with Crippen LogP contribution in [0.25, 0.3) is 0 Å². The molecule has 4 nitrogen and oxygen atoms in total. The summed E-state index contributed by atoms with van der Waals surface area (Å²) in [5.41, 5.74) is 7.94. The third kappa shape index (κ3) is 3.95. The first-order chi connectivity index (χ1) is 8.47. The van der Waals surface area contributed by atoms with E-state index in [-0.39, 0.29) is 11.8 Å². The number of nitrogens with zero attached hydrogens (tertiary/aromatic N) is 2. The van der Waals surface area contributed by atoms with Crippen LogP contribution in [-0.4, -0.2) is 21.6 Å². The number of carbonyl (C=O) groups excluding carboxylic acids is 1. The Labute approximate surface area is 110 Å². The van der Waals surface area contributed by atoms with Gasteiger partial charge < -0.3 is 5.73 Å². The average Bonchev–Trinajstić information content (AvgIpc) is 2.70. The number of carbonyl (C=O) groups is 1. The fraction of sp³-hybridized carbons (Fsp3) is 0.714. The number of nitrogens with two attached hydrogens (primary N) is 1. The molecule has 2 N–H and O–H groups in total. The number of hydrogen-bond donors (Lipinski definition) is 1. The first kappa shape index (κ1) is 14.9. The summed E-state index contributed by atoms with van der Waals surface area (Å²) in [7, 11) is 0. The van der Waals surface area contributed by atoms with Crippen molar-refractivity contribution in [1.82, 2.24) is 9.78 Å². The molecule has 0 aromatic carbocycles. The fourth-order valence-corrected chi connectivity index (χ4v) is 2.05. The molecule has 0 saturated carbocycles. The number of aryl methyl sites for hydroxylation is 2. The summed E-state index contributed by atoms with van der Waals surface area (Å²) in [6.45, 7) is 9.06. The molecule has 0 aliphatic rings. The average molecular weight is 251 g/mol. The summed E-state index contributed by atoms with van der Waals surface area (Å²) >= 11 is 0. The van der Waals surface area contributed by atoms with Crippen LogP contribution in [0.2, 0.25) is 0 Å². The minimum atomic E-state index is -0.352. The van der Waals surface area contributed by atoms with Crippen LogP contribution in [0.3, 0.4) is 0 Å². The Kier molecular flexibility index (Phi) is 5.54. The predicted octanol–water partition coefficient (Wildman–Crippen LogP) is 1.95. The van der Waals surface area contributed by atoms with Crippen molar-refractivity contribution in [1.29, 1.82) is 0 Å². The largest absolute Gasteiger partial charge is 0.321 e. The molecule has 4 heteroatoms. The van der Waals surface area contributed by atoms with Gasteiger partial charge in [-0.3, -0.25) is 9.48 Å². The van der Waals surface area contributed by atoms with Crippen LogP contribution in [0.4, 0.5) is 0 Å². The molecule has 1 heterocycles. The van der Waals surface area contributed by atoms with Crippen molar-refractivity contribution < 1.29 is 4.79 Å². The zero-order valence-corrected chi connectivity index (χ0v) is 11.9. The van der Waals surface area contributed by atoms with Crippen molar-refractivity contribution in [3.05, 3.63) is 17.5 Å². The van der Waals surface area contributed by atoms with Gasteiger partial charge in [-0.15, -0.1) is 0 Å². The molecule has 18 heavy (non-hydrogen) atoms. The predicted molar refractivity (Wildman–Crippen MR) is 73.4 cm³/mol. The maximum atomic E-state index is 12.0. The second-order valence-corrected chi connectivity index (χ2v) is 5.18. The minimum Gasteiger partial charge on any atom is -0.321 e. The lowest BCUT2D eigenvalue weighted by molar-refractivity contribution is -0.120. The van der Waals surface area contributed by atoms with Crippen LogP contribution in [0.15, 0.2) is 6.07 Å². The lowest BCUT2D eigenvalue weighted by atomic mass is 9.98. The molecule has 0 saturated heterocycles. The molecule has 0 aliphatic carbocycles. The highest BCUT2D eigenvalue weighted by atomic mass is 16.1. The van der Waals surface area contributed by atoms with E-state index in [9.17, 15) is 4.79 Å². The van der Waals surface area contributed by atoms with E-state index in [1.54, 1.807) is 0 Å². The van der Waals surface area contributed by atoms with Crippen molar-refractivity contribution in [3.8, 4) is 0 Å². The molecule has 0 aliphatic heterocycles. The highest BCUT2D eigenvalue weighted by Crippen LogP contribution is 2.10. The smallest absolute Gasteiger partial charge is 0.155 e.